The molecule has 0 fully saturated rings. The van der Waals surface area contributed by atoms with Crippen LogP contribution in [0.1, 0.15) is 5.82 Å². The van der Waals surface area contributed by atoms with Crippen LogP contribution >= 0.6 is 35.0 Å². The van der Waals surface area contributed by atoms with Crippen molar-refractivity contribution < 1.29 is 14.5 Å². The molecule has 0 saturated carbocycles. The van der Waals surface area contributed by atoms with E-state index < -0.39 is 4.92 Å². The lowest BCUT2D eigenvalue weighted by atomic mass is 10.3. The van der Waals surface area contributed by atoms with Crippen molar-refractivity contribution in [3.05, 3.63) is 68.4 Å². The van der Waals surface area contributed by atoms with Gasteiger partial charge in [-0.1, -0.05) is 35.0 Å². The molecule has 3 aromatic rings. The van der Waals surface area contributed by atoms with Gasteiger partial charge in [0.05, 0.1) is 27.1 Å². The molecule has 0 atom stereocenters. The van der Waals surface area contributed by atoms with Crippen molar-refractivity contribution in [2.24, 2.45) is 7.05 Å². The second-order valence-electron chi connectivity index (χ2n) is 6.45. The summed E-state index contributed by atoms with van der Waals surface area (Å²) in [4.78, 5) is 34.6. The summed E-state index contributed by atoms with van der Waals surface area (Å²) in [6, 6.07) is 10.3. The van der Waals surface area contributed by atoms with Gasteiger partial charge in [0.1, 0.15) is 5.82 Å². The Morgan fingerprint density at radius 1 is 1.03 bits per heavy atom. The zero-order chi connectivity index (χ0) is 23.3. The standard InChI is InChI=1S/C19H16Cl2N6O4S/c1-26-16(9-17(28)23-12-4-7-14(20)15(21)8-12)24-25-19(26)32-10-18(29)22-11-2-5-13(6-3-11)27(30)31/h2-8H,9-10H2,1H3,(H,22,29)(H,23,28). The summed E-state index contributed by atoms with van der Waals surface area (Å²) in [5.74, 6) is -0.170. The van der Waals surface area contributed by atoms with Gasteiger partial charge >= 0.3 is 0 Å². The smallest absolute Gasteiger partial charge is 0.269 e. The molecular formula is C19H16Cl2N6O4S. The van der Waals surface area contributed by atoms with Crippen LogP contribution in [0.3, 0.4) is 0 Å². The number of aromatic nitrogens is 3. The number of nitrogens with zero attached hydrogens (tertiary/aromatic N) is 4. The molecule has 0 spiro atoms. The molecule has 0 aliphatic carbocycles. The Hall–Kier alpha value is -3.15. The van der Waals surface area contributed by atoms with Crippen LogP contribution in [-0.4, -0.2) is 37.3 Å². The highest BCUT2D eigenvalue weighted by Gasteiger charge is 2.15. The molecule has 3 rings (SSSR count). The van der Waals surface area contributed by atoms with Crippen molar-refractivity contribution in [2.75, 3.05) is 16.4 Å². The summed E-state index contributed by atoms with van der Waals surface area (Å²) in [7, 11) is 1.69. The molecule has 1 heterocycles. The van der Waals surface area contributed by atoms with E-state index in [1.54, 1.807) is 29.8 Å². The van der Waals surface area contributed by atoms with Crippen LogP contribution in [0.4, 0.5) is 17.1 Å². The van der Waals surface area contributed by atoms with Gasteiger partial charge in [0.15, 0.2) is 5.16 Å². The minimum absolute atomic E-state index is 0.0285. The highest BCUT2D eigenvalue weighted by Crippen LogP contribution is 2.25. The highest BCUT2D eigenvalue weighted by molar-refractivity contribution is 7.99. The Labute approximate surface area is 196 Å². The fraction of sp³-hybridized carbons (Fsp3) is 0.158. The Morgan fingerprint density at radius 2 is 1.69 bits per heavy atom. The molecule has 166 valence electrons. The maximum absolute atomic E-state index is 12.3. The van der Waals surface area contributed by atoms with Gasteiger partial charge in [-0.15, -0.1) is 10.2 Å². The van der Waals surface area contributed by atoms with E-state index in [4.69, 9.17) is 23.2 Å². The minimum atomic E-state index is -0.516. The Kier molecular flexibility index (Phi) is 7.67. The number of thioether (sulfide) groups is 1. The van der Waals surface area contributed by atoms with E-state index in [1.807, 2.05) is 0 Å². The zero-order valence-corrected chi connectivity index (χ0v) is 18.9. The minimum Gasteiger partial charge on any atom is -0.326 e. The van der Waals surface area contributed by atoms with E-state index in [1.165, 1.54) is 24.3 Å². The van der Waals surface area contributed by atoms with E-state index in [0.717, 1.165) is 11.8 Å². The summed E-state index contributed by atoms with van der Waals surface area (Å²) in [5, 5.41) is 25.2. The van der Waals surface area contributed by atoms with Gasteiger partial charge in [-0.25, -0.2) is 0 Å². The van der Waals surface area contributed by atoms with Crippen molar-refractivity contribution in [3.8, 4) is 0 Å². The fourth-order valence-corrected chi connectivity index (χ4v) is 3.57. The topological polar surface area (TPSA) is 132 Å². The molecular weight excluding hydrogens is 479 g/mol. The van der Waals surface area contributed by atoms with Gasteiger partial charge in [0.25, 0.3) is 5.69 Å². The number of nitro groups is 1. The lowest BCUT2D eigenvalue weighted by molar-refractivity contribution is -0.384. The monoisotopic (exact) mass is 494 g/mol. The average molecular weight is 495 g/mol. The van der Waals surface area contributed by atoms with Crippen LogP contribution in [-0.2, 0) is 23.1 Å². The number of hydrogen-bond donors (Lipinski definition) is 2. The fourth-order valence-electron chi connectivity index (χ4n) is 2.54. The number of nitro benzene ring substituents is 1. The van der Waals surface area contributed by atoms with E-state index >= 15 is 0 Å². The molecule has 2 aromatic carbocycles. The number of non-ortho nitro benzene ring substituents is 1. The van der Waals surface area contributed by atoms with Crippen LogP contribution < -0.4 is 10.6 Å². The molecule has 2 amide bonds. The number of nitrogens with one attached hydrogen (secondary N) is 2. The first-order valence-electron chi connectivity index (χ1n) is 9.03. The Balaban J connectivity index is 1.52. The van der Waals surface area contributed by atoms with Gasteiger partial charge in [-0.3, -0.25) is 19.7 Å². The van der Waals surface area contributed by atoms with Gasteiger partial charge in [-0.05, 0) is 30.3 Å². The first kappa shape index (κ1) is 23.5. The Bertz CT molecular complexity index is 1170. The molecule has 13 heteroatoms. The van der Waals surface area contributed by atoms with Gasteiger partial charge in [0, 0.05) is 30.6 Å². The number of rotatable bonds is 8. The van der Waals surface area contributed by atoms with Crippen LogP contribution in [0.5, 0.6) is 0 Å². The second kappa shape index (κ2) is 10.4. The first-order valence-corrected chi connectivity index (χ1v) is 10.8. The normalized spacial score (nSPS) is 10.6. The van der Waals surface area contributed by atoms with Crippen molar-refractivity contribution in [3.63, 3.8) is 0 Å². The molecule has 0 unspecified atom stereocenters. The van der Waals surface area contributed by atoms with Crippen LogP contribution in [0, 0.1) is 10.1 Å². The molecule has 2 N–H and O–H groups in total. The van der Waals surface area contributed by atoms with Gasteiger partial charge < -0.3 is 15.2 Å². The molecule has 10 nitrogen and oxygen atoms in total. The molecule has 0 saturated heterocycles. The SMILES string of the molecule is Cn1c(CC(=O)Nc2ccc(Cl)c(Cl)c2)nnc1SCC(=O)Nc1ccc([N+](=O)[O-])cc1. The largest absolute Gasteiger partial charge is 0.326 e. The summed E-state index contributed by atoms with van der Waals surface area (Å²) < 4.78 is 1.62. The number of hydrogen-bond acceptors (Lipinski definition) is 7. The predicted molar refractivity (Wildman–Crippen MR) is 122 cm³/mol. The van der Waals surface area contributed by atoms with Crippen molar-refractivity contribution >= 4 is 63.8 Å². The number of carbonyl (C=O) groups excluding carboxylic acids is 2. The number of carbonyl (C=O) groups is 2. The maximum Gasteiger partial charge on any atom is 0.269 e. The zero-order valence-electron chi connectivity index (χ0n) is 16.5. The highest BCUT2D eigenvalue weighted by atomic mass is 35.5. The number of halogens is 2. The average Bonchev–Trinajstić information content (AvgIpc) is 3.09. The molecule has 0 bridgehead atoms. The van der Waals surface area contributed by atoms with E-state index in [0.29, 0.717) is 32.4 Å². The summed E-state index contributed by atoms with van der Waals surface area (Å²) >= 11 is 13.0. The van der Waals surface area contributed by atoms with Crippen molar-refractivity contribution in [2.45, 2.75) is 11.6 Å². The summed E-state index contributed by atoms with van der Waals surface area (Å²) in [6.45, 7) is 0. The molecule has 32 heavy (non-hydrogen) atoms. The van der Waals surface area contributed by atoms with Crippen molar-refractivity contribution in [1.29, 1.82) is 0 Å². The molecule has 0 radical (unpaired) electrons. The van der Waals surface area contributed by atoms with Crippen LogP contribution in [0.25, 0.3) is 0 Å². The third-order valence-electron chi connectivity index (χ3n) is 4.14. The van der Waals surface area contributed by atoms with Crippen LogP contribution in [0.2, 0.25) is 10.0 Å². The Morgan fingerprint density at radius 3 is 2.34 bits per heavy atom. The summed E-state index contributed by atoms with van der Waals surface area (Å²) in [5.41, 5.74) is 0.884. The molecule has 0 aliphatic rings. The lowest BCUT2D eigenvalue weighted by Crippen LogP contribution is -2.17. The predicted octanol–water partition coefficient (Wildman–Crippen LogP) is 3.94. The van der Waals surface area contributed by atoms with Crippen molar-refractivity contribution in [1.82, 2.24) is 14.8 Å². The summed E-state index contributed by atoms with van der Waals surface area (Å²) in [6.07, 6.45) is -0.0285. The van der Waals surface area contributed by atoms with E-state index in [2.05, 4.69) is 20.8 Å². The van der Waals surface area contributed by atoms with E-state index in [-0.39, 0.29) is 29.7 Å². The van der Waals surface area contributed by atoms with Gasteiger partial charge in [0.2, 0.25) is 11.8 Å². The second-order valence-corrected chi connectivity index (χ2v) is 8.21. The van der Waals surface area contributed by atoms with Gasteiger partial charge in [-0.2, -0.15) is 0 Å². The number of benzene rings is 2. The third-order valence-corrected chi connectivity index (χ3v) is 5.90. The third kappa shape index (κ3) is 6.19. The lowest BCUT2D eigenvalue weighted by Gasteiger charge is -2.07. The quantitative estimate of drug-likeness (QED) is 0.275. The first-order chi connectivity index (χ1) is 15.2. The number of amides is 2. The van der Waals surface area contributed by atoms with E-state index in [9.17, 15) is 19.7 Å². The molecule has 1 aromatic heterocycles. The molecule has 0 aliphatic heterocycles. The van der Waals surface area contributed by atoms with Crippen LogP contribution in [0.15, 0.2) is 47.6 Å². The maximum atomic E-state index is 12.3. The number of anilines is 2.